The van der Waals surface area contributed by atoms with E-state index in [4.69, 9.17) is 9.47 Å². The Morgan fingerprint density at radius 3 is 2.44 bits per heavy atom. The van der Waals surface area contributed by atoms with Crippen LogP contribution in [0.25, 0.3) is 10.9 Å². The molecule has 0 amide bonds. The van der Waals surface area contributed by atoms with E-state index in [-0.39, 0.29) is 5.56 Å². The molecule has 1 aromatic carbocycles. The van der Waals surface area contributed by atoms with E-state index >= 15 is 0 Å². The number of aryl methyl sites for hydroxylation is 2. The van der Waals surface area contributed by atoms with Crippen molar-refractivity contribution in [3.63, 3.8) is 0 Å². The predicted molar refractivity (Wildman–Crippen MR) is 98.7 cm³/mol. The second kappa shape index (κ2) is 6.84. The number of methoxy groups -OCH3 is 2. The highest BCUT2D eigenvalue weighted by atomic mass is 16.5. The number of hydrogen-bond donors (Lipinski definition) is 2. The molecular weight excluding hydrogens is 318 g/mol. The molecule has 130 valence electrons. The van der Waals surface area contributed by atoms with Crippen molar-refractivity contribution < 1.29 is 9.47 Å². The van der Waals surface area contributed by atoms with Crippen molar-refractivity contribution in [1.29, 1.82) is 0 Å². The largest absolute Gasteiger partial charge is 0.493 e. The van der Waals surface area contributed by atoms with Crippen LogP contribution < -0.4 is 20.3 Å². The molecule has 3 rings (SSSR count). The molecule has 0 bridgehead atoms. The number of H-pyrrole nitrogens is 1. The Labute approximate surface area is 145 Å². The van der Waals surface area contributed by atoms with Crippen LogP contribution in [0.2, 0.25) is 0 Å². The lowest BCUT2D eigenvalue weighted by Gasteiger charge is -2.11. The van der Waals surface area contributed by atoms with Crippen LogP contribution in [0.15, 0.2) is 35.1 Å². The Morgan fingerprint density at radius 1 is 1.04 bits per heavy atom. The average molecular weight is 339 g/mol. The molecular formula is C19H21N3O3. The van der Waals surface area contributed by atoms with Gasteiger partial charge in [0.25, 0.3) is 5.56 Å². The van der Waals surface area contributed by atoms with E-state index in [0.717, 1.165) is 22.5 Å². The summed E-state index contributed by atoms with van der Waals surface area (Å²) in [6.07, 6.45) is 0. The van der Waals surface area contributed by atoms with Crippen molar-refractivity contribution in [3.05, 3.63) is 57.5 Å². The van der Waals surface area contributed by atoms with Crippen molar-refractivity contribution in [3.8, 4) is 11.5 Å². The molecule has 3 aromatic rings. The third-order valence-electron chi connectivity index (χ3n) is 3.98. The van der Waals surface area contributed by atoms with Gasteiger partial charge in [-0.25, -0.2) is 4.98 Å². The van der Waals surface area contributed by atoms with Gasteiger partial charge in [0.15, 0.2) is 11.5 Å². The lowest BCUT2D eigenvalue weighted by atomic mass is 10.1. The van der Waals surface area contributed by atoms with Crippen molar-refractivity contribution in [2.45, 2.75) is 20.4 Å². The summed E-state index contributed by atoms with van der Waals surface area (Å²) in [6, 6.07) is 9.43. The number of pyridine rings is 2. The molecule has 0 saturated carbocycles. The molecule has 0 saturated heterocycles. The van der Waals surface area contributed by atoms with Gasteiger partial charge in [0.1, 0.15) is 5.82 Å². The van der Waals surface area contributed by atoms with E-state index in [1.807, 2.05) is 38.1 Å². The van der Waals surface area contributed by atoms with E-state index in [1.165, 1.54) is 0 Å². The van der Waals surface area contributed by atoms with Gasteiger partial charge in [-0.1, -0.05) is 0 Å². The van der Waals surface area contributed by atoms with Gasteiger partial charge in [-0.05, 0) is 43.7 Å². The Balaban J connectivity index is 1.93. The fraction of sp³-hybridized carbons (Fsp3) is 0.263. The standard InChI is InChI=1S/C19H21N3O3/c1-11-5-12(2)21-18(6-11)20-10-14-7-13-8-16(24-3)17(25-4)9-15(13)22-19(14)23/h5-9H,10H2,1-4H3,(H,20,21)(H,22,23). The van der Waals surface area contributed by atoms with Crippen molar-refractivity contribution in [1.82, 2.24) is 9.97 Å². The summed E-state index contributed by atoms with van der Waals surface area (Å²) in [5.41, 5.74) is 3.25. The number of nitrogens with zero attached hydrogens (tertiary/aromatic N) is 1. The van der Waals surface area contributed by atoms with Crippen LogP contribution in [0.1, 0.15) is 16.8 Å². The highest BCUT2D eigenvalue weighted by Gasteiger charge is 2.09. The molecule has 0 atom stereocenters. The fourth-order valence-electron chi connectivity index (χ4n) is 2.83. The lowest BCUT2D eigenvalue weighted by molar-refractivity contribution is 0.356. The average Bonchev–Trinajstić information content (AvgIpc) is 2.58. The summed E-state index contributed by atoms with van der Waals surface area (Å²) in [4.78, 5) is 19.7. The zero-order valence-electron chi connectivity index (χ0n) is 14.8. The van der Waals surface area contributed by atoms with Gasteiger partial charge in [0, 0.05) is 29.3 Å². The third-order valence-corrected chi connectivity index (χ3v) is 3.98. The Hall–Kier alpha value is -3.02. The van der Waals surface area contributed by atoms with Crippen molar-refractivity contribution >= 4 is 16.7 Å². The SMILES string of the molecule is COc1cc2cc(CNc3cc(C)cc(C)n3)c(=O)[nH]c2cc1OC. The quantitative estimate of drug-likeness (QED) is 0.747. The second-order valence-corrected chi connectivity index (χ2v) is 5.94. The zero-order valence-corrected chi connectivity index (χ0v) is 14.8. The molecule has 2 N–H and O–H groups in total. The minimum Gasteiger partial charge on any atom is -0.493 e. The summed E-state index contributed by atoms with van der Waals surface area (Å²) in [5, 5.41) is 4.09. The molecule has 0 aliphatic carbocycles. The maximum absolute atomic E-state index is 12.4. The second-order valence-electron chi connectivity index (χ2n) is 5.94. The van der Waals surface area contributed by atoms with Crippen LogP contribution in [0.4, 0.5) is 5.82 Å². The number of ether oxygens (including phenoxy) is 2. The first-order chi connectivity index (χ1) is 12.0. The summed E-state index contributed by atoms with van der Waals surface area (Å²) in [6.45, 7) is 4.35. The van der Waals surface area contributed by atoms with Crippen molar-refractivity contribution in [2.75, 3.05) is 19.5 Å². The van der Waals surface area contributed by atoms with Gasteiger partial charge in [-0.2, -0.15) is 0 Å². The smallest absolute Gasteiger partial charge is 0.253 e. The molecule has 2 heterocycles. The highest BCUT2D eigenvalue weighted by molar-refractivity contribution is 5.83. The Bertz CT molecular complexity index is 959. The number of rotatable bonds is 5. The topological polar surface area (TPSA) is 76.2 Å². The van der Waals surface area contributed by atoms with E-state index in [0.29, 0.717) is 29.1 Å². The number of hydrogen-bond acceptors (Lipinski definition) is 5. The number of aromatic amines is 1. The fourth-order valence-corrected chi connectivity index (χ4v) is 2.83. The zero-order chi connectivity index (χ0) is 18.0. The van der Waals surface area contributed by atoms with Crippen LogP contribution in [-0.4, -0.2) is 24.2 Å². The monoisotopic (exact) mass is 339 g/mol. The van der Waals surface area contributed by atoms with Crippen LogP contribution in [0.3, 0.4) is 0 Å². The molecule has 6 heteroatoms. The molecule has 0 fully saturated rings. The van der Waals surface area contributed by atoms with Crippen LogP contribution in [-0.2, 0) is 6.54 Å². The Kier molecular flexibility index (Phi) is 4.61. The maximum Gasteiger partial charge on any atom is 0.253 e. The summed E-state index contributed by atoms with van der Waals surface area (Å²) in [5.74, 6) is 1.96. The van der Waals surface area contributed by atoms with E-state index in [1.54, 1.807) is 20.3 Å². The summed E-state index contributed by atoms with van der Waals surface area (Å²) in [7, 11) is 3.15. The van der Waals surface area contributed by atoms with Gasteiger partial charge in [0.05, 0.1) is 19.7 Å². The number of benzene rings is 1. The first-order valence-corrected chi connectivity index (χ1v) is 7.97. The molecule has 0 radical (unpaired) electrons. The minimum absolute atomic E-state index is 0.142. The number of anilines is 1. The Morgan fingerprint density at radius 2 is 1.76 bits per heavy atom. The van der Waals surface area contributed by atoms with Crippen LogP contribution in [0.5, 0.6) is 11.5 Å². The molecule has 0 spiro atoms. The first kappa shape index (κ1) is 16.8. The molecule has 0 unspecified atom stereocenters. The van der Waals surface area contributed by atoms with Gasteiger partial charge in [-0.3, -0.25) is 4.79 Å². The number of nitrogens with one attached hydrogen (secondary N) is 2. The van der Waals surface area contributed by atoms with Gasteiger partial charge < -0.3 is 19.8 Å². The summed E-state index contributed by atoms with van der Waals surface area (Å²) < 4.78 is 10.6. The van der Waals surface area contributed by atoms with Crippen LogP contribution in [0, 0.1) is 13.8 Å². The van der Waals surface area contributed by atoms with E-state index < -0.39 is 0 Å². The predicted octanol–water partition coefficient (Wildman–Crippen LogP) is 3.17. The van der Waals surface area contributed by atoms with E-state index in [9.17, 15) is 4.79 Å². The molecule has 2 aromatic heterocycles. The third kappa shape index (κ3) is 3.57. The number of fused-ring (bicyclic) bond motifs is 1. The summed E-state index contributed by atoms with van der Waals surface area (Å²) >= 11 is 0. The highest BCUT2D eigenvalue weighted by Crippen LogP contribution is 2.31. The lowest BCUT2D eigenvalue weighted by Crippen LogP contribution is -2.16. The first-order valence-electron chi connectivity index (χ1n) is 7.97. The van der Waals surface area contributed by atoms with Crippen molar-refractivity contribution in [2.24, 2.45) is 0 Å². The minimum atomic E-state index is -0.142. The van der Waals surface area contributed by atoms with E-state index in [2.05, 4.69) is 15.3 Å². The number of aromatic nitrogens is 2. The normalized spacial score (nSPS) is 10.7. The van der Waals surface area contributed by atoms with Gasteiger partial charge >= 0.3 is 0 Å². The molecule has 0 aliphatic rings. The maximum atomic E-state index is 12.4. The van der Waals surface area contributed by atoms with Gasteiger partial charge in [0.2, 0.25) is 0 Å². The van der Waals surface area contributed by atoms with Crippen LogP contribution >= 0.6 is 0 Å². The molecule has 0 aliphatic heterocycles. The molecule has 25 heavy (non-hydrogen) atoms. The van der Waals surface area contributed by atoms with Gasteiger partial charge in [-0.15, -0.1) is 0 Å². The molecule has 6 nitrogen and oxygen atoms in total.